The van der Waals surface area contributed by atoms with Crippen LogP contribution in [0.25, 0.3) is 0 Å². The van der Waals surface area contributed by atoms with E-state index >= 15 is 0 Å². The lowest BCUT2D eigenvalue weighted by molar-refractivity contribution is 0.494. The molecule has 1 aromatic rings. The van der Waals surface area contributed by atoms with Crippen LogP contribution in [0.3, 0.4) is 0 Å². The lowest BCUT2D eigenvalue weighted by Crippen LogP contribution is -2.19. The molecule has 0 aromatic carbocycles. The first-order valence-corrected chi connectivity index (χ1v) is 8.46. The lowest BCUT2D eigenvalue weighted by atomic mass is 10.0. The molecule has 1 aromatic heterocycles. The van der Waals surface area contributed by atoms with Crippen LogP contribution in [0.5, 0.6) is 0 Å². The van der Waals surface area contributed by atoms with E-state index in [2.05, 4.69) is 31.0 Å². The molecule has 3 rings (SSSR count). The van der Waals surface area contributed by atoms with Crippen molar-refractivity contribution in [1.29, 1.82) is 0 Å². The maximum Gasteiger partial charge on any atom is 0.185 e. The number of aromatic nitrogens is 1. The van der Waals surface area contributed by atoms with Gasteiger partial charge in [-0.05, 0) is 31.2 Å². The fourth-order valence-electron chi connectivity index (χ4n) is 2.81. The van der Waals surface area contributed by atoms with Crippen molar-refractivity contribution in [3.05, 3.63) is 10.6 Å². The minimum Gasteiger partial charge on any atom is -0.348 e. The summed E-state index contributed by atoms with van der Waals surface area (Å²) in [6.07, 6.45) is 2.68. The highest BCUT2D eigenvalue weighted by Gasteiger charge is 2.33. The summed E-state index contributed by atoms with van der Waals surface area (Å²) in [6, 6.07) is 0. The molecule has 2 heterocycles. The van der Waals surface area contributed by atoms with Gasteiger partial charge in [-0.2, -0.15) is 0 Å². The van der Waals surface area contributed by atoms with E-state index in [-0.39, 0.29) is 0 Å². The quantitative estimate of drug-likeness (QED) is 0.897. The minimum absolute atomic E-state index is 0.760. The van der Waals surface area contributed by atoms with Gasteiger partial charge in [0.25, 0.3) is 0 Å². The Labute approximate surface area is 120 Å². The highest BCUT2D eigenvalue weighted by molar-refractivity contribution is 7.15. The molecule has 1 aliphatic heterocycles. The maximum atomic E-state index is 4.98. The van der Waals surface area contributed by atoms with Gasteiger partial charge < -0.3 is 10.2 Å². The molecular weight excluding hydrogens is 254 g/mol. The first-order chi connectivity index (χ1) is 9.19. The number of hydrogen-bond donors (Lipinski definition) is 1. The van der Waals surface area contributed by atoms with Crippen molar-refractivity contribution in [1.82, 2.24) is 10.3 Å². The predicted molar refractivity (Wildman–Crippen MR) is 82.0 cm³/mol. The summed E-state index contributed by atoms with van der Waals surface area (Å²) in [6.45, 7) is 11.3. The molecule has 1 N–H and O–H groups in total. The molecule has 0 amide bonds. The molecular formula is C15H25N3S. The molecule has 3 nitrogen and oxygen atoms in total. The maximum absolute atomic E-state index is 4.98. The standard InChI is InChI=1S/C15H25N3S/c1-4-16-7-13-14(12-5-6-12)17-15(19-13)18-8-10(2)11(3)9-18/h10-12,16H,4-9H2,1-3H3. The first-order valence-electron chi connectivity index (χ1n) is 7.64. The summed E-state index contributed by atoms with van der Waals surface area (Å²) in [5.41, 5.74) is 1.40. The van der Waals surface area contributed by atoms with Crippen molar-refractivity contribution in [3.8, 4) is 0 Å². The van der Waals surface area contributed by atoms with Gasteiger partial charge >= 0.3 is 0 Å². The molecule has 1 saturated carbocycles. The third-order valence-corrected chi connectivity index (χ3v) is 5.61. The molecule has 0 radical (unpaired) electrons. The molecule has 4 heteroatoms. The third-order valence-electron chi connectivity index (χ3n) is 4.47. The summed E-state index contributed by atoms with van der Waals surface area (Å²) in [5.74, 6) is 2.35. The second kappa shape index (κ2) is 5.41. The second-order valence-electron chi connectivity index (χ2n) is 6.22. The van der Waals surface area contributed by atoms with Crippen LogP contribution in [0, 0.1) is 11.8 Å². The van der Waals surface area contributed by atoms with Gasteiger partial charge in [0.2, 0.25) is 0 Å². The Morgan fingerprint density at radius 1 is 1.26 bits per heavy atom. The molecule has 0 bridgehead atoms. The molecule has 1 aliphatic carbocycles. The zero-order chi connectivity index (χ0) is 13.4. The van der Waals surface area contributed by atoms with Crippen LogP contribution < -0.4 is 10.2 Å². The van der Waals surface area contributed by atoms with Gasteiger partial charge in [0.15, 0.2) is 5.13 Å². The number of nitrogens with one attached hydrogen (secondary N) is 1. The zero-order valence-corrected chi connectivity index (χ0v) is 13.1. The van der Waals surface area contributed by atoms with E-state index in [0.717, 1.165) is 30.8 Å². The van der Waals surface area contributed by atoms with Gasteiger partial charge in [0.1, 0.15) is 0 Å². The number of rotatable bonds is 5. The average Bonchev–Trinajstić information content (AvgIpc) is 3.07. The van der Waals surface area contributed by atoms with E-state index in [9.17, 15) is 0 Å². The van der Waals surface area contributed by atoms with Crippen LogP contribution >= 0.6 is 11.3 Å². The Balaban J connectivity index is 1.78. The fourth-order valence-corrected chi connectivity index (χ4v) is 3.95. The van der Waals surface area contributed by atoms with Crippen molar-refractivity contribution in [2.45, 2.75) is 46.1 Å². The summed E-state index contributed by atoms with van der Waals surface area (Å²) in [5, 5.41) is 4.73. The van der Waals surface area contributed by atoms with Gasteiger partial charge in [0.05, 0.1) is 5.69 Å². The molecule has 2 fully saturated rings. The summed E-state index contributed by atoms with van der Waals surface area (Å²) in [4.78, 5) is 8.96. The molecule has 1 saturated heterocycles. The SMILES string of the molecule is CCNCc1sc(N2CC(C)C(C)C2)nc1C1CC1. The summed E-state index contributed by atoms with van der Waals surface area (Å²) in [7, 11) is 0. The Kier molecular flexibility index (Phi) is 3.81. The van der Waals surface area contributed by atoms with E-state index in [1.54, 1.807) is 0 Å². The Morgan fingerprint density at radius 2 is 1.95 bits per heavy atom. The Bertz CT molecular complexity index is 429. The Hall–Kier alpha value is -0.610. The van der Waals surface area contributed by atoms with E-state index in [1.165, 1.54) is 41.6 Å². The van der Waals surface area contributed by atoms with Crippen LogP contribution in [0.4, 0.5) is 5.13 Å². The van der Waals surface area contributed by atoms with Crippen LogP contribution in [0.15, 0.2) is 0 Å². The number of thiazole rings is 1. The molecule has 19 heavy (non-hydrogen) atoms. The fraction of sp³-hybridized carbons (Fsp3) is 0.800. The van der Waals surface area contributed by atoms with Crippen molar-refractivity contribution >= 4 is 16.5 Å². The van der Waals surface area contributed by atoms with E-state index in [4.69, 9.17) is 4.98 Å². The van der Waals surface area contributed by atoms with Gasteiger partial charge in [-0.1, -0.05) is 20.8 Å². The lowest BCUT2D eigenvalue weighted by Gasteiger charge is -2.13. The molecule has 2 atom stereocenters. The first kappa shape index (κ1) is 13.4. The van der Waals surface area contributed by atoms with Gasteiger partial charge in [0, 0.05) is 30.4 Å². The van der Waals surface area contributed by atoms with E-state index in [1.807, 2.05) is 11.3 Å². The molecule has 2 aliphatic rings. The van der Waals surface area contributed by atoms with Crippen LogP contribution in [-0.4, -0.2) is 24.6 Å². The topological polar surface area (TPSA) is 28.2 Å². The molecule has 2 unspecified atom stereocenters. The van der Waals surface area contributed by atoms with Crippen molar-refractivity contribution < 1.29 is 0 Å². The van der Waals surface area contributed by atoms with Crippen molar-refractivity contribution in [2.24, 2.45) is 11.8 Å². The molecule has 0 spiro atoms. The van der Waals surface area contributed by atoms with Crippen LogP contribution in [-0.2, 0) is 6.54 Å². The summed E-state index contributed by atoms with van der Waals surface area (Å²) < 4.78 is 0. The highest BCUT2D eigenvalue weighted by Crippen LogP contribution is 2.44. The minimum atomic E-state index is 0.760. The second-order valence-corrected chi connectivity index (χ2v) is 7.28. The number of nitrogens with zero attached hydrogens (tertiary/aromatic N) is 2. The van der Waals surface area contributed by atoms with Gasteiger partial charge in [-0.3, -0.25) is 0 Å². The Morgan fingerprint density at radius 3 is 2.53 bits per heavy atom. The van der Waals surface area contributed by atoms with Crippen LogP contribution in [0.2, 0.25) is 0 Å². The molecule has 106 valence electrons. The smallest absolute Gasteiger partial charge is 0.185 e. The zero-order valence-electron chi connectivity index (χ0n) is 12.3. The number of hydrogen-bond acceptors (Lipinski definition) is 4. The third kappa shape index (κ3) is 2.79. The average molecular weight is 279 g/mol. The largest absolute Gasteiger partial charge is 0.348 e. The van der Waals surface area contributed by atoms with Crippen molar-refractivity contribution in [3.63, 3.8) is 0 Å². The number of anilines is 1. The van der Waals surface area contributed by atoms with E-state index in [0.29, 0.717) is 0 Å². The van der Waals surface area contributed by atoms with Crippen LogP contribution in [0.1, 0.15) is 50.1 Å². The normalized spacial score (nSPS) is 27.2. The highest BCUT2D eigenvalue weighted by atomic mass is 32.1. The van der Waals surface area contributed by atoms with Gasteiger partial charge in [-0.25, -0.2) is 4.98 Å². The summed E-state index contributed by atoms with van der Waals surface area (Å²) >= 11 is 1.92. The monoisotopic (exact) mass is 279 g/mol. The van der Waals surface area contributed by atoms with Gasteiger partial charge in [-0.15, -0.1) is 11.3 Å². The van der Waals surface area contributed by atoms with E-state index < -0.39 is 0 Å². The van der Waals surface area contributed by atoms with Crippen molar-refractivity contribution in [2.75, 3.05) is 24.5 Å². The predicted octanol–water partition coefficient (Wildman–Crippen LogP) is 3.22.